The van der Waals surface area contributed by atoms with Crippen molar-refractivity contribution in [3.8, 4) is 0 Å². The van der Waals surface area contributed by atoms with Crippen LogP contribution in [0.3, 0.4) is 0 Å². The van der Waals surface area contributed by atoms with Gasteiger partial charge in [0.15, 0.2) is 0 Å². The first-order valence-corrected chi connectivity index (χ1v) is 6.76. The summed E-state index contributed by atoms with van der Waals surface area (Å²) in [6.07, 6.45) is 1.30. The van der Waals surface area contributed by atoms with E-state index in [1.807, 2.05) is 12.1 Å². The third-order valence-corrected chi connectivity index (χ3v) is 3.84. The van der Waals surface area contributed by atoms with Crippen LogP contribution in [0.15, 0.2) is 12.1 Å². The predicted molar refractivity (Wildman–Crippen MR) is 80.3 cm³/mol. The molecular formula is C15H23N3O. The van der Waals surface area contributed by atoms with Gasteiger partial charge in [-0.05, 0) is 36.5 Å². The molecule has 1 aromatic carbocycles. The van der Waals surface area contributed by atoms with Crippen molar-refractivity contribution in [2.24, 2.45) is 5.41 Å². The molecule has 4 N–H and O–H groups in total. The van der Waals surface area contributed by atoms with Gasteiger partial charge in [0.05, 0.1) is 11.4 Å². The second kappa shape index (κ2) is 4.76. The third kappa shape index (κ3) is 3.00. The highest BCUT2D eigenvalue weighted by molar-refractivity contribution is 5.95. The Bertz CT molecular complexity index is 503. The van der Waals surface area contributed by atoms with Crippen LogP contribution in [0, 0.1) is 5.41 Å². The Morgan fingerprint density at radius 1 is 1.32 bits per heavy atom. The molecule has 0 saturated carbocycles. The summed E-state index contributed by atoms with van der Waals surface area (Å²) >= 11 is 0. The fraction of sp³-hybridized carbons (Fsp3) is 0.533. The third-order valence-electron chi connectivity index (χ3n) is 3.84. The fourth-order valence-electron chi connectivity index (χ4n) is 2.02. The molecule has 1 heterocycles. The maximum Gasteiger partial charge on any atom is 0.224 e. The maximum absolute atomic E-state index is 11.4. The number of rotatable bonds is 2. The van der Waals surface area contributed by atoms with E-state index in [0.29, 0.717) is 6.42 Å². The molecule has 1 unspecified atom stereocenters. The molecule has 1 atom stereocenters. The largest absolute Gasteiger partial charge is 0.397 e. The van der Waals surface area contributed by atoms with E-state index >= 15 is 0 Å². The van der Waals surface area contributed by atoms with Crippen molar-refractivity contribution in [2.75, 3.05) is 16.4 Å². The van der Waals surface area contributed by atoms with Crippen LogP contribution >= 0.6 is 0 Å². The number of amides is 1. The zero-order valence-corrected chi connectivity index (χ0v) is 12.1. The highest BCUT2D eigenvalue weighted by Gasteiger charge is 2.22. The second-order valence-corrected chi connectivity index (χ2v) is 6.38. The Morgan fingerprint density at radius 2 is 2.00 bits per heavy atom. The molecule has 0 spiro atoms. The van der Waals surface area contributed by atoms with Crippen molar-refractivity contribution in [3.05, 3.63) is 17.7 Å². The van der Waals surface area contributed by atoms with E-state index < -0.39 is 0 Å². The molecule has 4 nitrogen and oxygen atoms in total. The molecule has 19 heavy (non-hydrogen) atoms. The Morgan fingerprint density at radius 3 is 2.63 bits per heavy atom. The molecule has 1 aliphatic rings. The SMILES string of the molecule is CC(Nc1cc2c(cc1N)CCC(=O)N2)C(C)(C)C. The topological polar surface area (TPSA) is 67.1 Å². The minimum absolute atomic E-state index is 0.0760. The van der Waals surface area contributed by atoms with Crippen LogP contribution in [-0.4, -0.2) is 11.9 Å². The van der Waals surface area contributed by atoms with Crippen LogP contribution in [0.5, 0.6) is 0 Å². The van der Waals surface area contributed by atoms with Gasteiger partial charge in [-0.25, -0.2) is 0 Å². The van der Waals surface area contributed by atoms with Crippen LogP contribution in [0.1, 0.15) is 39.7 Å². The van der Waals surface area contributed by atoms with Gasteiger partial charge in [0, 0.05) is 18.2 Å². The Labute approximate surface area is 114 Å². The van der Waals surface area contributed by atoms with Crippen molar-refractivity contribution < 1.29 is 4.79 Å². The van der Waals surface area contributed by atoms with Crippen molar-refractivity contribution in [1.29, 1.82) is 0 Å². The number of carbonyl (C=O) groups is 1. The second-order valence-electron chi connectivity index (χ2n) is 6.38. The van der Waals surface area contributed by atoms with Crippen molar-refractivity contribution in [2.45, 2.75) is 46.6 Å². The maximum atomic E-state index is 11.4. The molecule has 0 saturated heterocycles. The average molecular weight is 261 g/mol. The Balaban J connectivity index is 2.27. The smallest absolute Gasteiger partial charge is 0.224 e. The van der Waals surface area contributed by atoms with Gasteiger partial charge in [0.2, 0.25) is 5.91 Å². The molecule has 1 aromatic rings. The number of hydrogen-bond donors (Lipinski definition) is 3. The average Bonchev–Trinajstić information content (AvgIpc) is 2.29. The van der Waals surface area contributed by atoms with E-state index in [-0.39, 0.29) is 17.4 Å². The number of hydrogen-bond acceptors (Lipinski definition) is 3. The van der Waals surface area contributed by atoms with Crippen LogP contribution in [0.4, 0.5) is 17.1 Å². The number of nitrogens with two attached hydrogens (primary N) is 1. The summed E-state index contributed by atoms with van der Waals surface area (Å²) in [4.78, 5) is 11.4. The highest BCUT2D eigenvalue weighted by atomic mass is 16.1. The summed E-state index contributed by atoms with van der Waals surface area (Å²) in [5.74, 6) is 0.0760. The number of nitrogens with one attached hydrogen (secondary N) is 2. The summed E-state index contributed by atoms with van der Waals surface area (Å²) in [5, 5.41) is 6.34. The summed E-state index contributed by atoms with van der Waals surface area (Å²) < 4.78 is 0. The zero-order chi connectivity index (χ0) is 14.2. The Kier molecular flexibility index (Phi) is 3.43. The summed E-state index contributed by atoms with van der Waals surface area (Å²) in [6, 6.07) is 4.20. The van der Waals surface area contributed by atoms with Crippen molar-refractivity contribution in [1.82, 2.24) is 0 Å². The lowest BCUT2D eigenvalue weighted by Gasteiger charge is -2.30. The number of carbonyl (C=O) groups excluding carboxylic acids is 1. The fourth-order valence-corrected chi connectivity index (χ4v) is 2.02. The van der Waals surface area contributed by atoms with E-state index in [0.717, 1.165) is 29.0 Å². The predicted octanol–water partition coefficient (Wildman–Crippen LogP) is 3.00. The monoisotopic (exact) mass is 261 g/mol. The van der Waals surface area contributed by atoms with Gasteiger partial charge in [-0.15, -0.1) is 0 Å². The molecular weight excluding hydrogens is 238 g/mol. The number of nitrogen functional groups attached to an aromatic ring is 1. The summed E-state index contributed by atoms with van der Waals surface area (Å²) in [5.41, 5.74) is 9.87. The molecule has 1 amide bonds. The first kappa shape index (κ1) is 13.7. The molecule has 4 heteroatoms. The van der Waals surface area contributed by atoms with Gasteiger partial charge in [-0.2, -0.15) is 0 Å². The van der Waals surface area contributed by atoms with E-state index in [1.165, 1.54) is 0 Å². The molecule has 1 aliphatic heterocycles. The molecule has 0 radical (unpaired) electrons. The summed E-state index contributed by atoms with van der Waals surface area (Å²) in [7, 11) is 0. The Hall–Kier alpha value is -1.71. The molecule has 0 fully saturated rings. The van der Waals surface area contributed by atoms with Gasteiger partial charge in [0.25, 0.3) is 0 Å². The standard InChI is InChI=1S/C15H23N3O/c1-9(15(2,3)4)17-13-8-12-10(7-11(13)16)5-6-14(19)18-12/h7-9,17H,5-6,16H2,1-4H3,(H,18,19). The number of benzene rings is 1. The van der Waals surface area contributed by atoms with Gasteiger partial charge in [-0.1, -0.05) is 20.8 Å². The van der Waals surface area contributed by atoms with E-state index in [9.17, 15) is 4.79 Å². The lowest BCUT2D eigenvalue weighted by molar-refractivity contribution is -0.116. The van der Waals surface area contributed by atoms with E-state index in [4.69, 9.17) is 5.73 Å². The minimum atomic E-state index is 0.0760. The molecule has 0 aromatic heterocycles. The van der Waals surface area contributed by atoms with Crippen LogP contribution in [0.25, 0.3) is 0 Å². The molecule has 0 bridgehead atoms. The van der Waals surface area contributed by atoms with Crippen LogP contribution in [-0.2, 0) is 11.2 Å². The van der Waals surface area contributed by atoms with Gasteiger partial charge in [-0.3, -0.25) is 4.79 Å². The minimum Gasteiger partial charge on any atom is -0.397 e. The lowest BCUT2D eigenvalue weighted by atomic mass is 9.88. The quantitative estimate of drug-likeness (QED) is 0.717. The zero-order valence-electron chi connectivity index (χ0n) is 12.1. The first-order valence-electron chi connectivity index (χ1n) is 6.76. The van der Waals surface area contributed by atoms with E-state index in [2.05, 4.69) is 38.3 Å². The molecule has 0 aliphatic carbocycles. The molecule has 2 rings (SSSR count). The highest BCUT2D eigenvalue weighted by Crippen LogP contribution is 2.33. The molecule has 104 valence electrons. The number of anilines is 3. The van der Waals surface area contributed by atoms with Crippen LogP contribution in [0.2, 0.25) is 0 Å². The summed E-state index contributed by atoms with van der Waals surface area (Å²) in [6.45, 7) is 8.68. The van der Waals surface area contributed by atoms with Gasteiger partial charge < -0.3 is 16.4 Å². The van der Waals surface area contributed by atoms with Gasteiger partial charge >= 0.3 is 0 Å². The number of aryl methyl sites for hydroxylation is 1. The lowest BCUT2D eigenvalue weighted by Crippen LogP contribution is -2.31. The van der Waals surface area contributed by atoms with Crippen molar-refractivity contribution >= 4 is 23.0 Å². The van der Waals surface area contributed by atoms with Crippen LogP contribution < -0.4 is 16.4 Å². The first-order chi connectivity index (χ1) is 8.77. The normalized spacial score (nSPS) is 16.5. The van der Waals surface area contributed by atoms with Gasteiger partial charge in [0.1, 0.15) is 0 Å². The van der Waals surface area contributed by atoms with E-state index in [1.54, 1.807) is 0 Å². The van der Waals surface area contributed by atoms with Crippen molar-refractivity contribution in [3.63, 3.8) is 0 Å². The number of fused-ring (bicyclic) bond motifs is 1.